The smallest absolute Gasteiger partial charge is 0.251 e. The highest BCUT2D eigenvalue weighted by atomic mass is 32.2. The van der Waals surface area contributed by atoms with Crippen LogP contribution in [0, 0.1) is 6.92 Å². The van der Waals surface area contributed by atoms with E-state index in [0.29, 0.717) is 17.7 Å². The molecule has 0 aliphatic carbocycles. The molecule has 1 aromatic carbocycles. The number of hydrogen-bond donors (Lipinski definition) is 1. The zero-order chi connectivity index (χ0) is 18.6. The van der Waals surface area contributed by atoms with Gasteiger partial charge in [-0.1, -0.05) is 6.07 Å². The summed E-state index contributed by atoms with van der Waals surface area (Å²) in [4.78, 5) is 16.7. The number of pyridine rings is 1. The van der Waals surface area contributed by atoms with Crippen molar-refractivity contribution in [1.82, 2.24) is 10.3 Å². The van der Waals surface area contributed by atoms with E-state index in [1.54, 1.807) is 30.5 Å². The Balaban J connectivity index is 2.02. The third-order valence-corrected chi connectivity index (χ3v) is 5.19. The lowest BCUT2D eigenvalue weighted by Gasteiger charge is -2.17. The standard InChI is InChI=1S/C18H23N3O3S/c1-13-6-5-11-19-17(13)12-14(2)20-18(22)15-7-9-16(10-8-15)21(3)25(4,23)24/h5-11,14H,12H2,1-4H3,(H,20,22). The molecule has 1 amide bonds. The van der Waals surface area contributed by atoms with Crippen molar-refractivity contribution in [3.8, 4) is 0 Å². The summed E-state index contributed by atoms with van der Waals surface area (Å²) in [6, 6.07) is 10.3. The Bertz CT molecular complexity index is 848. The van der Waals surface area contributed by atoms with Gasteiger partial charge in [-0.3, -0.25) is 14.1 Å². The molecule has 0 radical (unpaired) electrons. The fraction of sp³-hybridized carbons (Fsp3) is 0.333. The number of rotatable bonds is 6. The summed E-state index contributed by atoms with van der Waals surface area (Å²) in [7, 11) is -1.85. The lowest BCUT2D eigenvalue weighted by Crippen LogP contribution is -2.34. The number of sulfonamides is 1. The summed E-state index contributed by atoms with van der Waals surface area (Å²) in [6.07, 6.45) is 3.52. The van der Waals surface area contributed by atoms with Crippen molar-refractivity contribution in [2.24, 2.45) is 0 Å². The second-order valence-corrected chi connectivity index (χ2v) is 8.14. The first-order chi connectivity index (χ1) is 11.7. The minimum absolute atomic E-state index is 0.0699. The first-order valence-corrected chi connectivity index (χ1v) is 9.78. The Kier molecular flexibility index (Phi) is 5.79. The van der Waals surface area contributed by atoms with E-state index in [0.717, 1.165) is 17.5 Å². The number of benzene rings is 1. The fourth-order valence-corrected chi connectivity index (χ4v) is 2.90. The van der Waals surface area contributed by atoms with Gasteiger partial charge in [0, 0.05) is 37.0 Å². The number of anilines is 1. The average molecular weight is 361 g/mol. The highest BCUT2D eigenvalue weighted by Gasteiger charge is 2.14. The van der Waals surface area contributed by atoms with E-state index < -0.39 is 10.0 Å². The van der Waals surface area contributed by atoms with Gasteiger partial charge in [0.05, 0.1) is 11.9 Å². The molecule has 1 unspecified atom stereocenters. The van der Waals surface area contributed by atoms with Crippen LogP contribution in [0.5, 0.6) is 0 Å². The molecular formula is C18H23N3O3S. The SMILES string of the molecule is Cc1cccnc1CC(C)NC(=O)c1ccc(N(C)S(C)(=O)=O)cc1. The molecule has 0 spiro atoms. The maximum absolute atomic E-state index is 12.3. The minimum atomic E-state index is -3.32. The van der Waals surface area contributed by atoms with Crippen molar-refractivity contribution in [1.29, 1.82) is 0 Å². The van der Waals surface area contributed by atoms with Crippen molar-refractivity contribution in [2.75, 3.05) is 17.6 Å². The van der Waals surface area contributed by atoms with E-state index in [9.17, 15) is 13.2 Å². The molecule has 1 aromatic heterocycles. The molecule has 1 N–H and O–H groups in total. The summed E-state index contributed by atoms with van der Waals surface area (Å²) < 4.78 is 24.2. The molecule has 2 aromatic rings. The second-order valence-electron chi connectivity index (χ2n) is 6.12. The van der Waals surface area contributed by atoms with E-state index in [1.165, 1.54) is 11.4 Å². The maximum Gasteiger partial charge on any atom is 0.251 e. The fourth-order valence-electron chi connectivity index (χ4n) is 2.39. The third kappa shape index (κ3) is 5.03. The molecule has 1 heterocycles. The lowest BCUT2D eigenvalue weighted by molar-refractivity contribution is 0.0940. The first kappa shape index (κ1) is 18.9. The van der Waals surface area contributed by atoms with Gasteiger partial charge in [-0.15, -0.1) is 0 Å². The highest BCUT2D eigenvalue weighted by Crippen LogP contribution is 2.16. The Morgan fingerprint density at radius 1 is 1.24 bits per heavy atom. The van der Waals surface area contributed by atoms with Crippen LogP contribution in [0.4, 0.5) is 5.69 Å². The molecule has 0 aliphatic rings. The van der Waals surface area contributed by atoms with Crippen LogP contribution in [0.1, 0.15) is 28.5 Å². The number of amides is 1. The number of aryl methyl sites for hydroxylation is 1. The number of nitrogens with one attached hydrogen (secondary N) is 1. The molecule has 134 valence electrons. The summed E-state index contributed by atoms with van der Waals surface area (Å²) >= 11 is 0. The van der Waals surface area contributed by atoms with Crippen molar-refractivity contribution in [3.05, 3.63) is 59.4 Å². The van der Waals surface area contributed by atoms with Crippen LogP contribution < -0.4 is 9.62 Å². The van der Waals surface area contributed by atoms with Gasteiger partial charge in [0.25, 0.3) is 5.91 Å². The molecule has 7 heteroatoms. The Morgan fingerprint density at radius 3 is 2.44 bits per heavy atom. The van der Waals surface area contributed by atoms with Crippen molar-refractivity contribution in [3.63, 3.8) is 0 Å². The molecule has 25 heavy (non-hydrogen) atoms. The summed E-state index contributed by atoms with van der Waals surface area (Å²) in [6.45, 7) is 3.92. The molecule has 0 bridgehead atoms. The van der Waals surface area contributed by atoms with Gasteiger partial charge in [0.1, 0.15) is 0 Å². The van der Waals surface area contributed by atoms with E-state index >= 15 is 0 Å². The van der Waals surface area contributed by atoms with Gasteiger partial charge in [-0.05, 0) is 49.7 Å². The van der Waals surface area contributed by atoms with Crippen molar-refractivity contribution >= 4 is 21.6 Å². The molecular weight excluding hydrogens is 338 g/mol. The summed E-state index contributed by atoms with van der Waals surface area (Å²) in [5.41, 5.74) is 3.05. The van der Waals surface area contributed by atoms with E-state index in [4.69, 9.17) is 0 Å². The Labute approximate surface area is 148 Å². The third-order valence-electron chi connectivity index (χ3n) is 3.99. The quantitative estimate of drug-likeness (QED) is 0.855. The van der Waals surface area contributed by atoms with Gasteiger partial charge in [-0.25, -0.2) is 8.42 Å². The predicted octanol–water partition coefficient (Wildman–Crippen LogP) is 2.15. The number of hydrogen-bond acceptors (Lipinski definition) is 4. The summed E-state index contributed by atoms with van der Waals surface area (Å²) in [5, 5.41) is 2.94. The second kappa shape index (κ2) is 7.65. The Morgan fingerprint density at radius 2 is 1.88 bits per heavy atom. The van der Waals surface area contributed by atoms with Gasteiger partial charge in [0.15, 0.2) is 0 Å². The molecule has 0 saturated carbocycles. The summed E-state index contributed by atoms with van der Waals surface area (Å²) in [5.74, 6) is -0.199. The molecule has 2 rings (SSSR count). The van der Waals surface area contributed by atoms with E-state index in [-0.39, 0.29) is 11.9 Å². The molecule has 1 atom stereocenters. The van der Waals surface area contributed by atoms with Crippen molar-refractivity contribution in [2.45, 2.75) is 26.3 Å². The normalized spacial score (nSPS) is 12.5. The number of carbonyl (C=O) groups is 1. The van der Waals surface area contributed by atoms with Crippen LogP contribution in [0.3, 0.4) is 0 Å². The van der Waals surface area contributed by atoms with E-state index in [2.05, 4.69) is 10.3 Å². The average Bonchev–Trinajstić information content (AvgIpc) is 2.55. The van der Waals surface area contributed by atoms with E-state index in [1.807, 2.05) is 26.0 Å². The largest absolute Gasteiger partial charge is 0.349 e. The minimum Gasteiger partial charge on any atom is -0.349 e. The van der Waals surface area contributed by atoms with Crippen LogP contribution in [0.15, 0.2) is 42.6 Å². The van der Waals surface area contributed by atoms with Crippen molar-refractivity contribution < 1.29 is 13.2 Å². The Hall–Kier alpha value is -2.41. The maximum atomic E-state index is 12.3. The topological polar surface area (TPSA) is 79.4 Å². The van der Waals surface area contributed by atoms with Crippen LogP contribution in [0.25, 0.3) is 0 Å². The van der Waals surface area contributed by atoms with Crippen LogP contribution in [-0.4, -0.2) is 38.7 Å². The molecule has 0 saturated heterocycles. The monoisotopic (exact) mass is 361 g/mol. The first-order valence-electron chi connectivity index (χ1n) is 7.94. The van der Waals surface area contributed by atoms with Gasteiger partial charge < -0.3 is 5.32 Å². The zero-order valence-corrected chi connectivity index (χ0v) is 15.7. The van der Waals surface area contributed by atoms with Gasteiger partial charge in [0.2, 0.25) is 10.0 Å². The number of nitrogens with zero attached hydrogens (tertiary/aromatic N) is 2. The number of carbonyl (C=O) groups excluding carboxylic acids is 1. The molecule has 6 nitrogen and oxygen atoms in total. The van der Waals surface area contributed by atoms with Crippen LogP contribution in [0.2, 0.25) is 0 Å². The molecule has 0 aliphatic heterocycles. The lowest BCUT2D eigenvalue weighted by atomic mass is 10.1. The van der Waals surface area contributed by atoms with Gasteiger partial charge >= 0.3 is 0 Å². The molecule has 0 fully saturated rings. The van der Waals surface area contributed by atoms with Crippen LogP contribution >= 0.6 is 0 Å². The zero-order valence-electron chi connectivity index (χ0n) is 14.9. The number of aromatic nitrogens is 1. The van der Waals surface area contributed by atoms with Gasteiger partial charge in [-0.2, -0.15) is 0 Å². The highest BCUT2D eigenvalue weighted by molar-refractivity contribution is 7.92. The van der Waals surface area contributed by atoms with Crippen LogP contribution in [-0.2, 0) is 16.4 Å². The predicted molar refractivity (Wildman–Crippen MR) is 99.3 cm³/mol.